The molecule has 0 aliphatic rings. The topological polar surface area (TPSA) is 46.5 Å². The van der Waals surface area contributed by atoms with Crippen LogP contribution in [0.15, 0.2) is 24.3 Å². The van der Waals surface area contributed by atoms with Gasteiger partial charge in [-0.05, 0) is 17.9 Å². The molecule has 0 aromatic heterocycles. The molecule has 0 aliphatic heterocycles. The van der Waals surface area contributed by atoms with E-state index in [1.54, 1.807) is 0 Å². The van der Waals surface area contributed by atoms with E-state index >= 15 is 0 Å². The summed E-state index contributed by atoms with van der Waals surface area (Å²) in [5.41, 5.74) is -3.67. The maximum Gasteiger partial charge on any atom is 0.432 e. The highest BCUT2D eigenvalue weighted by Gasteiger charge is 2.62. The molecule has 0 saturated heterocycles. The zero-order valence-corrected chi connectivity index (χ0v) is 12.4. The molecule has 1 rings (SSSR count). The fraction of sp³-hybridized carbons (Fsp3) is 0.533. The summed E-state index contributed by atoms with van der Waals surface area (Å²) in [6, 6.07) is 5.13. The predicted octanol–water partition coefficient (Wildman–Crippen LogP) is 3.30. The van der Waals surface area contributed by atoms with Gasteiger partial charge in [0.05, 0.1) is 6.61 Å². The zero-order valence-electron chi connectivity index (χ0n) is 12.4. The van der Waals surface area contributed by atoms with Gasteiger partial charge in [-0.15, -0.1) is 0 Å². The molecular formula is C15H19F3O3. The van der Waals surface area contributed by atoms with Crippen molar-refractivity contribution in [3.8, 4) is 0 Å². The quantitative estimate of drug-likeness (QED) is 0.872. The van der Waals surface area contributed by atoms with Crippen LogP contribution in [-0.2, 0) is 20.5 Å². The lowest BCUT2D eigenvalue weighted by Gasteiger charge is -2.29. The van der Waals surface area contributed by atoms with E-state index in [9.17, 15) is 23.1 Å². The summed E-state index contributed by atoms with van der Waals surface area (Å²) in [5, 5.41) is 9.91. The van der Waals surface area contributed by atoms with Crippen molar-refractivity contribution in [1.29, 1.82) is 0 Å². The van der Waals surface area contributed by atoms with Crippen LogP contribution >= 0.6 is 0 Å². The van der Waals surface area contributed by atoms with Gasteiger partial charge in [0, 0.05) is 5.56 Å². The van der Waals surface area contributed by atoms with E-state index in [1.807, 2.05) is 20.8 Å². The second-order valence-corrected chi connectivity index (χ2v) is 5.76. The van der Waals surface area contributed by atoms with Crippen molar-refractivity contribution < 1.29 is 27.8 Å². The number of alkyl halides is 3. The number of hydrogen-bond donors (Lipinski definition) is 1. The fourth-order valence-electron chi connectivity index (χ4n) is 1.84. The molecule has 21 heavy (non-hydrogen) atoms. The Bertz CT molecular complexity index is 500. The largest absolute Gasteiger partial charge is 0.463 e. The van der Waals surface area contributed by atoms with Crippen molar-refractivity contribution in [2.45, 2.75) is 44.9 Å². The predicted molar refractivity (Wildman–Crippen MR) is 71.7 cm³/mol. The smallest absolute Gasteiger partial charge is 0.432 e. The van der Waals surface area contributed by atoms with E-state index < -0.39 is 23.3 Å². The highest BCUT2D eigenvalue weighted by atomic mass is 19.4. The van der Waals surface area contributed by atoms with Crippen LogP contribution in [0.3, 0.4) is 0 Å². The molecule has 1 atom stereocenters. The van der Waals surface area contributed by atoms with E-state index in [2.05, 4.69) is 4.74 Å². The van der Waals surface area contributed by atoms with Gasteiger partial charge < -0.3 is 9.84 Å². The number of carbonyl (C=O) groups is 1. The minimum atomic E-state index is -5.16. The minimum absolute atomic E-state index is 0.251. The molecule has 1 unspecified atom stereocenters. The molecule has 6 heteroatoms. The Morgan fingerprint density at radius 1 is 1.10 bits per heavy atom. The summed E-state index contributed by atoms with van der Waals surface area (Å²) in [7, 11) is 0. The summed E-state index contributed by atoms with van der Waals surface area (Å²) >= 11 is 0. The SMILES string of the molecule is CCOC(=O)C(O)(c1ccc(C(C)(C)C)cc1)C(F)(F)F. The molecule has 0 bridgehead atoms. The molecule has 0 spiro atoms. The van der Waals surface area contributed by atoms with Gasteiger partial charge in [-0.25, -0.2) is 4.79 Å². The first-order chi connectivity index (χ1) is 9.44. The Kier molecular flexibility index (Phi) is 4.73. The van der Waals surface area contributed by atoms with Crippen LogP contribution in [0.25, 0.3) is 0 Å². The normalized spacial score (nSPS) is 15.4. The van der Waals surface area contributed by atoms with E-state index in [4.69, 9.17) is 0 Å². The fourth-order valence-corrected chi connectivity index (χ4v) is 1.84. The van der Waals surface area contributed by atoms with E-state index in [1.165, 1.54) is 19.1 Å². The minimum Gasteiger partial charge on any atom is -0.463 e. The van der Waals surface area contributed by atoms with Gasteiger partial charge >= 0.3 is 12.1 Å². The van der Waals surface area contributed by atoms with Crippen molar-refractivity contribution in [2.24, 2.45) is 0 Å². The first-order valence-corrected chi connectivity index (χ1v) is 6.52. The number of ether oxygens (including phenoxy) is 1. The summed E-state index contributed by atoms with van der Waals surface area (Å²) in [5.74, 6) is -1.72. The number of halogens is 3. The highest BCUT2D eigenvalue weighted by molar-refractivity contribution is 5.82. The molecule has 1 aromatic carbocycles. The number of benzene rings is 1. The molecule has 0 amide bonds. The van der Waals surface area contributed by atoms with E-state index in [0.29, 0.717) is 0 Å². The number of esters is 1. The second kappa shape index (κ2) is 5.67. The Balaban J connectivity index is 3.32. The van der Waals surface area contributed by atoms with Crippen molar-refractivity contribution in [3.63, 3.8) is 0 Å². The third-order valence-corrected chi connectivity index (χ3v) is 3.15. The molecular weight excluding hydrogens is 285 g/mol. The number of rotatable bonds is 3. The van der Waals surface area contributed by atoms with Crippen LogP contribution in [0.5, 0.6) is 0 Å². The van der Waals surface area contributed by atoms with Crippen molar-refractivity contribution in [2.75, 3.05) is 6.61 Å². The molecule has 0 fully saturated rings. The maximum atomic E-state index is 13.1. The van der Waals surface area contributed by atoms with Crippen molar-refractivity contribution >= 4 is 5.97 Å². The van der Waals surface area contributed by atoms with Crippen molar-refractivity contribution in [1.82, 2.24) is 0 Å². The highest BCUT2D eigenvalue weighted by Crippen LogP contribution is 2.40. The molecule has 0 saturated carbocycles. The lowest BCUT2D eigenvalue weighted by atomic mass is 9.84. The van der Waals surface area contributed by atoms with Crippen LogP contribution in [0.2, 0.25) is 0 Å². The van der Waals surface area contributed by atoms with Gasteiger partial charge in [0.15, 0.2) is 0 Å². The third-order valence-electron chi connectivity index (χ3n) is 3.15. The Labute approximate surface area is 121 Å². The van der Waals surface area contributed by atoms with Crippen LogP contribution in [0.1, 0.15) is 38.8 Å². The van der Waals surface area contributed by atoms with E-state index in [0.717, 1.165) is 17.7 Å². The van der Waals surface area contributed by atoms with Gasteiger partial charge in [-0.1, -0.05) is 45.0 Å². The summed E-state index contributed by atoms with van der Waals surface area (Å²) in [4.78, 5) is 11.6. The maximum absolute atomic E-state index is 13.1. The lowest BCUT2D eigenvalue weighted by molar-refractivity contribution is -0.267. The van der Waals surface area contributed by atoms with Crippen LogP contribution in [0.4, 0.5) is 13.2 Å². The molecule has 0 radical (unpaired) electrons. The number of carbonyl (C=O) groups excluding carboxylic acids is 1. The molecule has 0 heterocycles. The first kappa shape index (κ1) is 17.5. The molecule has 3 nitrogen and oxygen atoms in total. The monoisotopic (exact) mass is 304 g/mol. The Morgan fingerprint density at radius 3 is 1.86 bits per heavy atom. The number of aliphatic hydroxyl groups is 1. The van der Waals surface area contributed by atoms with Gasteiger partial charge in [0.25, 0.3) is 5.60 Å². The first-order valence-electron chi connectivity index (χ1n) is 6.52. The molecule has 118 valence electrons. The average Bonchev–Trinajstić information content (AvgIpc) is 2.35. The summed E-state index contributed by atoms with van der Waals surface area (Å²) in [6.07, 6.45) is -5.16. The summed E-state index contributed by atoms with van der Waals surface area (Å²) < 4.78 is 43.8. The van der Waals surface area contributed by atoms with Gasteiger partial charge in [-0.3, -0.25) is 0 Å². The zero-order chi connectivity index (χ0) is 16.5. The number of hydrogen-bond acceptors (Lipinski definition) is 3. The van der Waals surface area contributed by atoms with Gasteiger partial charge in [0.2, 0.25) is 0 Å². The average molecular weight is 304 g/mol. The van der Waals surface area contributed by atoms with Crippen molar-refractivity contribution in [3.05, 3.63) is 35.4 Å². The molecule has 1 aromatic rings. The van der Waals surface area contributed by atoms with Crippen LogP contribution in [0, 0.1) is 0 Å². The van der Waals surface area contributed by atoms with Crippen LogP contribution in [-0.4, -0.2) is 23.9 Å². The van der Waals surface area contributed by atoms with E-state index in [-0.39, 0.29) is 12.0 Å². The van der Waals surface area contributed by atoms with Crippen LogP contribution < -0.4 is 0 Å². The summed E-state index contributed by atoms with van der Waals surface area (Å²) in [6.45, 7) is 6.84. The standard InChI is InChI=1S/C15H19F3O3/c1-5-21-12(19)14(20,15(16,17)18)11-8-6-10(7-9-11)13(2,3)4/h6-9,20H,5H2,1-4H3. The van der Waals surface area contributed by atoms with Gasteiger partial charge in [-0.2, -0.15) is 13.2 Å². The Hall–Kier alpha value is -1.56. The molecule has 1 N–H and O–H groups in total. The third kappa shape index (κ3) is 3.37. The second-order valence-electron chi connectivity index (χ2n) is 5.76. The molecule has 0 aliphatic carbocycles. The van der Waals surface area contributed by atoms with Gasteiger partial charge in [0.1, 0.15) is 0 Å². The lowest BCUT2D eigenvalue weighted by Crippen LogP contribution is -2.50. The Morgan fingerprint density at radius 2 is 1.52 bits per heavy atom.